The lowest BCUT2D eigenvalue weighted by atomic mass is 10.1. The van der Waals surface area contributed by atoms with Crippen molar-refractivity contribution in [3.05, 3.63) is 35.4 Å². The van der Waals surface area contributed by atoms with E-state index in [2.05, 4.69) is 19.9 Å². The van der Waals surface area contributed by atoms with E-state index in [9.17, 15) is 0 Å². The number of anilines is 3. The van der Waals surface area contributed by atoms with Gasteiger partial charge in [0.2, 0.25) is 0 Å². The molecule has 0 aliphatic carbocycles. The molecule has 3 aromatic heterocycles. The average Bonchev–Trinajstić information content (AvgIpc) is 3.00. The predicted molar refractivity (Wildman–Crippen MR) is 84.8 cm³/mol. The molecule has 0 bridgehead atoms. The second-order valence-corrected chi connectivity index (χ2v) is 5.10. The third-order valence-corrected chi connectivity index (χ3v) is 3.69. The van der Waals surface area contributed by atoms with Crippen LogP contribution in [0.2, 0.25) is 0 Å². The Morgan fingerprint density at radius 1 is 1.32 bits per heavy atom. The summed E-state index contributed by atoms with van der Waals surface area (Å²) in [6, 6.07) is 3.78. The first-order valence-electron chi connectivity index (χ1n) is 6.72. The highest BCUT2D eigenvalue weighted by atomic mass is 15.2. The van der Waals surface area contributed by atoms with E-state index in [1.54, 1.807) is 18.6 Å². The molecule has 0 unspecified atom stereocenters. The van der Waals surface area contributed by atoms with Crippen molar-refractivity contribution < 1.29 is 0 Å². The molecule has 0 fully saturated rings. The van der Waals surface area contributed by atoms with Crippen molar-refractivity contribution in [3.63, 3.8) is 0 Å². The number of imidazole rings is 1. The summed E-state index contributed by atoms with van der Waals surface area (Å²) in [4.78, 5) is 17.8. The van der Waals surface area contributed by atoms with Crippen LogP contribution in [0, 0.1) is 25.2 Å². The molecule has 7 nitrogen and oxygen atoms in total. The predicted octanol–water partition coefficient (Wildman–Crippen LogP) is 2.19. The lowest BCUT2D eigenvalue weighted by molar-refractivity contribution is 1.08. The van der Waals surface area contributed by atoms with E-state index in [1.807, 2.05) is 31.9 Å². The molecule has 0 radical (unpaired) electrons. The van der Waals surface area contributed by atoms with Gasteiger partial charge in [-0.3, -0.25) is 0 Å². The van der Waals surface area contributed by atoms with E-state index in [0.717, 1.165) is 27.8 Å². The smallest absolute Gasteiger partial charge is 0.151 e. The van der Waals surface area contributed by atoms with Crippen LogP contribution in [-0.2, 0) is 0 Å². The van der Waals surface area contributed by atoms with Crippen molar-refractivity contribution in [2.24, 2.45) is 0 Å². The lowest BCUT2D eigenvalue weighted by Gasteiger charge is -2.22. The summed E-state index contributed by atoms with van der Waals surface area (Å²) in [6.07, 6.45) is 3.27. The molecule has 0 aliphatic heterocycles. The molecule has 0 atom stereocenters. The zero-order valence-electron chi connectivity index (χ0n) is 12.5. The first kappa shape index (κ1) is 13.8. The van der Waals surface area contributed by atoms with Gasteiger partial charge in [-0.05, 0) is 25.5 Å². The van der Waals surface area contributed by atoms with E-state index in [4.69, 9.17) is 11.0 Å². The molecule has 0 saturated carbocycles. The standard InChI is InChI=1S/C15H15N7/c1-8-4-10(5-16)18-6-11(8)22(3)15-9(2)12-13(14(17)21-15)20-7-19-12/h4,6-7H,1-3H3,(H2,17,21)(H,19,20). The number of aryl methyl sites for hydroxylation is 2. The number of pyridine rings is 2. The molecule has 0 aromatic carbocycles. The minimum atomic E-state index is 0.390. The Balaban J connectivity index is 2.15. The van der Waals surface area contributed by atoms with Gasteiger partial charge >= 0.3 is 0 Å². The number of aromatic nitrogens is 4. The molecule has 0 spiro atoms. The zero-order chi connectivity index (χ0) is 15.9. The average molecular weight is 293 g/mol. The highest BCUT2D eigenvalue weighted by Gasteiger charge is 2.17. The number of aromatic amines is 1. The van der Waals surface area contributed by atoms with Crippen LogP contribution < -0.4 is 10.6 Å². The van der Waals surface area contributed by atoms with Crippen LogP contribution >= 0.6 is 0 Å². The van der Waals surface area contributed by atoms with Crippen molar-refractivity contribution in [1.82, 2.24) is 19.9 Å². The van der Waals surface area contributed by atoms with E-state index >= 15 is 0 Å². The summed E-state index contributed by atoms with van der Waals surface area (Å²) >= 11 is 0. The van der Waals surface area contributed by atoms with Gasteiger partial charge in [-0.2, -0.15) is 5.26 Å². The molecule has 7 heteroatoms. The van der Waals surface area contributed by atoms with E-state index in [0.29, 0.717) is 17.3 Å². The number of hydrogen-bond donors (Lipinski definition) is 2. The van der Waals surface area contributed by atoms with Gasteiger partial charge in [0.25, 0.3) is 0 Å². The van der Waals surface area contributed by atoms with Crippen molar-refractivity contribution in [2.45, 2.75) is 13.8 Å². The molecule has 3 heterocycles. The second-order valence-electron chi connectivity index (χ2n) is 5.10. The summed E-state index contributed by atoms with van der Waals surface area (Å²) in [7, 11) is 1.89. The van der Waals surface area contributed by atoms with Crippen LogP contribution in [0.1, 0.15) is 16.8 Å². The Labute approximate surface area is 127 Å². The lowest BCUT2D eigenvalue weighted by Crippen LogP contribution is -2.15. The minimum absolute atomic E-state index is 0.390. The Hall–Kier alpha value is -3.14. The number of hydrogen-bond acceptors (Lipinski definition) is 6. The number of H-pyrrole nitrogens is 1. The molecule has 0 amide bonds. The van der Waals surface area contributed by atoms with Crippen LogP contribution in [0.3, 0.4) is 0 Å². The molecule has 0 aliphatic rings. The molecular weight excluding hydrogens is 278 g/mol. The summed E-state index contributed by atoms with van der Waals surface area (Å²) in [5.74, 6) is 1.12. The van der Waals surface area contributed by atoms with Gasteiger partial charge in [0.15, 0.2) is 5.82 Å². The van der Waals surface area contributed by atoms with Crippen LogP contribution in [-0.4, -0.2) is 27.0 Å². The molecule has 0 saturated heterocycles. The number of nitrogens with zero attached hydrogens (tertiary/aromatic N) is 5. The number of nitrogens with one attached hydrogen (secondary N) is 1. The van der Waals surface area contributed by atoms with Gasteiger partial charge in [0.05, 0.1) is 23.7 Å². The van der Waals surface area contributed by atoms with E-state index in [-0.39, 0.29) is 0 Å². The largest absolute Gasteiger partial charge is 0.382 e. The molecule has 3 N–H and O–H groups in total. The topological polar surface area (TPSA) is 108 Å². The Morgan fingerprint density at radius 2 is 2.09 bits per heavy atom. The maximum atomic E-state index is 8.92. The van der Waals surface area contributed by atoms with Crippen molar-refractivity contribution in [1.29, 1.82) is 5.26 Å². The Kier molecular flexibility index (Phi) is 3.14. The highest BCUT2D eigenvalue weighted by Crippen LogP contribution is 2.32. The molecular formula is C15H15N7. The highest BCUT2D eigenvalue weighted by molar-refractivity contribution is 5.91. The summed E-state index contributed by atoms with van der Waals surface area (Å²) < 4.78 is 0. The molecule has 3 rings (SSSR count). The monoisotopic (exact) mass is 293 g/mol. The zero-order valence-corrected chi connectivity index (χ0v) is 12.5. The molecule has 110 valence electrons. The second kappa shape index (κ2) is 5.00. The van der Waals surface area contributed by atoms with Gasteiger partial charge in [-0.15, -0.1) is 0 Å². The van der Waals surface area contributed by atoms with E-state index < -0.39 is 0 Å². The Bertz CT molecular complexity index is 904. The SMILES string of the molecule is Cc1cc(C#N)ncc1N(C)c1nc(N)c2[nH]cnc2c1C. The number of fused-ring (bicyclic) bond motifs is 1. The fraction of sp³-hybridized carbons (Fsp3) is 0.200. The van der Waals surface area contributed by atoms with Crippen molar-refractivity contribution >= 4 is 28.4 Å². The van der Waals surface area contributed by atoms with Crippen molar-refractivity contribution in [3.8, 4) is 6.07 Å². The number of nitrogen functional groups attached to an aromatic ring is 1. The van der Waals surface area contributed by atoms with Crippen LogP contribution in [0.4, 0.5) is 17.3 Å². The maximum absolute atomic E-state index is 8.92. The maximum Gasteiger partial charge on any atom is 0.151 e. The molecule has 3 aromatic rings. The Morgan fingerprint density at radius 3 is 2.77 bits per heavy atom. The van der Waals surface area contributed by atoms with Gasteiger partial charge in [-0.25, -0.2) is 15.0 Å². The quantitative estimate of drug-likeness (QED) is 0.750. The minimum Gasteiger partial charge on any atom is -0.382 e. The first-order valence-corrected chi connectivity index (χ1v) is 6.72. The van der Waals surface area contributed by atoms with Crippen LogP contribution in [0.15, 0.2) is 18.6 Å². The van der Waals surface area contributed by atoms with Gasteiger partial charge in [0.1, 0.15) is 23.1 Å². The first-order chi connectivity index (χ1) is 10.5. The van der Waals surface area contributed by atoms with E-state index in [1.165, 1.54) is 0 Å². The summed E-state index contributed by atoms with van der Waals surface area (Å²) in [5, 5.41) is 8.92. The van der Waals surface area contributed by atoms with Crippen LogP contribution in [0.25, 0.3) is 11.0 Å². The van der Waals surface area contributed by atoms with Gasteiger partial charge < -0.3 is 15.6 Å². The summed E-state index contributed by atoms with van der Waals surface area (Å²) in [5.41, 5.74) is 10.7. The fourth-order valence-corrected chi connectivity index (χ4v) is 2.54. The number of nitriles is 1. The van der Waals surface area contributed by atoms with Gasteiger partial charge in [-0.1, -0.05) is 0 Å². The number of nitrogens with two attached hydrogens (primary N) is 1. The third kappa shape index (κ3) is 2.02. The number of rotatable bonds is 2. The van der Waals surface area contributed by atoms with Crippen molar-refractivity contribution in [2.75, 3.05) is 17.7 Å². The summed E-state index contributed by atoms with van der Waals surface area (Å²) in [6.45, 7) is 3.88. The third-order valence-electron chi connectivity index (χ3n) is 3.69. The molecule has 22 heavy (non-hydrogen) atoms. The van der Waals surface area contributed by atoms with Gasteiger partial charge in [0, 0.05) is 12.6 Å². The fourth-order valence-electron chi connectivity index (χ4n) is 2.54. The normalized spacial score (nSPS) is 10.6. The van der Waals surface area contributed by atoms with Crippen LogP contribution in [0.5, 0.6) is 0 Å².